The molecule has 0 aliphatic heterocycles. The van der Waals surface area contributed by atoms with Gasteiger partial charge >= 0.3 is 5.97 Å². The molecule has 0 spiro atoms. The van der Waals surface area contributed by atoms with Crippen molar-refractivity contribution in [3.05, 3.63) is 12.7 Å². The van der Waals surface area contributed by atoms with Crippen LogP contribution in [0.5, 0.6) is 0 Å². The van der Waals surface area contributed by atoms with E-state index in [1.54, 1.807) is 4.90 Å². The molecule has 0 aromatic carbocycles. The molecule has 0 radical (unpaired) electrons. The zero-order chi connectivity index (χ0) is 16.8. The molecule has 0 fully saturated rings. The number of carboxylic acids is 1. The molecule has 0 heterocycles. The van der Waals surface area contributed by atoms with Crippen LogP contribution in [0.15, 0.2) is 12.7 Å². The molecule has 0 aromatic rings. The van der Waals surface area contributed by atoms with Crippen molar-refractivity contribution in [3.8, 4) is 0 Å². The minimum atomic E-state index is -0.880. The second-order valence-electron chi connectivity index (χ2n) is 5.79. The Hall–Kier alpha value is -1.32. The van der Waals surface area contributed by atoms with Crippen molar-refractivity contribution < 1.29 is 14.7 Å². The Morgan fingerprint density at radius 3 is 2.09 bits per heavy atom. The topological polar surface area (TPSA) is 57.6 Å². The minimum Gasteiger partial charge on any atom is -0.481 e. The molecule has 128 valence electrons. The fourth-order valence-electron chi connectivity index (χ4n) is 2.70. The third kappa shape index (κ3) is 9.59. The Labute approximate surface area is 135 Å². The van der Waals surface area contributed by atoms with Crippen molar-refractivity contribution in [2.75, 3.05) is 13.1 Å². The van der Waals surface area contributed by atoms with Crippen LogP contribution in [0.4, 0.5) is 0 Å². The van der Waals surface area contributed by atoms with Crippen LogP contribution in [0, 0.1) is 5.92 Å². The fraction of sp³-hybridized carbons (Fsp3) is 0.778. The van der Waals surface area contributed by atoms with Crippen molar-refractivity contribution in [1.82, 2.24) is 4.90 Å². The molecule has 4 heteroatoms. The molecule has 22 heavy (non-hydrogen) atoms. The van der Waals surface area contributed by atoms with Crippen molar-refractivity contribution in [3.63, 3.8) is 0 Å². The smallest absolute Gasteiger partial charge is 0.304 e. The highest BCUT2D eigenvalue weighted by Gasteiger charge is 2.24. The highest BCUT2D eigenvalue weighted by molar-refractivity contribution is 5.83. The van der Waals surface area contributed by atoms with Crippen LogP contribution in [-0.4, -0.2) is 35.0 Å². The van der Waals surface area contributed by atoms with Crippen molar-refractivity contribution in [2.45, 2.75) is 71.6 Å². The zero-order valence-electron chi connectivity index (χ0n) is 14.4. The Balaban J connectivity index is 4.07. The van der Waals surface area contributed by atoms with Gasteiger partial charge in [-0.05, 0) is 33.1 Å². The van der Waals surface area contributed by atoms with Crippen LogP contribution in [0.1, 0.15) is 71.6 Å². The summed E-state index contributed by atoms with van der Waals surface area (Å²) in [6.45, 7) is 8.87. The van der Waals surface area contributed by atoms with Gasteiger partial charge in [-0.1, -0.05) is 38.2 Å². The number of rotatable bonds is 14. The maximum absolute atomic E-state index is 12.3. The molecular weight excluding hydrogens is 278 g/mol. The Morgan fingerprint density at radius 1 is 1.05 bits per heavy atom. The lowest BCUT2D eigenvalue weighted by molar-refractivity contribution is -0.144. The molecule has 1 unspecified atom stereocenters. The van der Waals surface area contributed by atoms with Crippen molar-refractivity contribution >= 4 is 11.9 Å². The fourth-order valence-corrected chi connectivity index (χ4v) is 2.70. The molecule has 0 bridgehead atoms. The summed E-state index contributed by atoms with van der Waals surface area (Å²) in [5, 5.41) is 9.00. The summed E-state index contributed by atoms with van der Waals surface area (Å²) in [5.74, 6) is -1.24. The summed E-state index contributed by atoms with van der Waals surface area (Å²) in [6, 6.07) is 0. The Kier molecular flexibility index (Phi) is 12.5. The number of carbonyl (C=O) groups is 2. The first-order valence-electron chi connectivity index (χ1n) is 8.68. The summed E-state index contributed by atoms with van der Waals surface area (Å²) < 4.78 is 0. The first-order valence-corrected chi connectivity index (χ1v) is 8.68. The summed E-state index contributed by atoms with van der Waals surface area (Å²) in [7, 11) is 0. The van der Waals surface area contributed by atoms with E-state index >= 15 is 0 Å². The van der Waals surface area contributed by atoms with Crippen LogP contribution in [0.2, 0.25) is 0 Å². The maximum Gasteiger partial charge on any atom is 0.304 e. The van der Waals surface area contributed by atoms with Gasteiger partial charge in [0.25, 0.3) is 0 Å². The van der Waals surface area contributed by atoms with Crippen molar-refractivity contribution in [2.24, 2.45) is 5.92 Å². The van der Waals surface area contributed by atoms with Gasteiger partial charge in [-0.2, -0.15) is 0 Å². The lowest BCUT2D eigenvalue weighted by Gasteiger charge is -2.24. The molecule has 1 amide bonds. The van der Waals surface area contributed by atoms with Gasteiger partial charge in [-0.3, -0.25) is 9.59 Å². The SMILES string of the molecule is C=CCCCCCCCCC(CC(=O)O)C(=O)N(CC)CC. The van der Waals surface area contributed by atoms with Crippen LogP contribution in [0.25, 0.3) is 0 Å². The van der Waals surface area contributed by atoms with Gasteiger partial charge in [0.05, 0.1) is 6.42 Å². The molecule has 0 saturated carbocycles. The number of aliphatic carboxylic acids is 1. The second-order valence-corrected chi connectivity index (χ2v) is 5.79. The number of carbonyl (C=O) groups excluding carboxylic acids is 1. The summed E-state index contributed by atoms with van der Waals surface area (Å²) in [5.41, 5.74) is 0. The van der Waals surface area contributed by atoms with Gasteiger partial charge in [0, 0.05) is 19.0 Å². The molecule has 0 aliphatic carbocycles. The number of unbranched alkanes of at least 4 members (excludes halogenated alkanes) is 6. The number of nitrogens with zero attached hydrogens (tertiary/aromatic N) is 1. The van der Waals surface area contributed by atoms with Crippen molar-refractivity contribution in [1.29, 1.82) is 0 Å². The average molecular weight is 311 g/mol. The zero-order valence-corrected chi connectivity index (χ0v) is 14.4. The van der Waals surface area contributed by atoms with E-state index in [-0.39, 0.29) is 18.2 Å². The first-order chi connectivity index (χ1) is 10.6. The highest BCUT2D eigenvalue weighted by Crippen LogP contribution is 2.18. The molecule has 0 aliphatic rings. The number of hydrogen-bond donors (Lipinski definition) is 1. The maximum atomic E-state index is 12.3. The van der Waals surface area contributed by atoms with Crippen LogP contribution < -0.4 is 0 Å². The van der Waals surface area contributed by atoms with E-state index in [1.807, 2.05) is 19.9 Å². The standard InChI is InChI=1S/C18H33NO3/c1-4-7-8-9-10-11-12-13-14-16(15-17(20)21)18(22)19(5-2)6-3/h4,16H,1,5-15H2,2-3H3,(H,20,21). The molecule has 0 aromatic heterocycles. The van der Waals surface area contributed by atoms with Gasteiger partial charge in [0.2, 0.25) is 5.91 Å². The highest BCUT2D eigenvalue weighted by atomic mass is 16.4. The van der Waals surface area contributed by atoms with E-state index < -0.39 is 5.97 Å². The number of amides is 1. The predicted molar refractivity (Wildman–Crippen MR) is 90.8 cm³/mol. The number of carboxylic acid groups (broad SMARTS) is 1. The summed E-state index contributed by atoms with van der Waals surface area (Å²) >= 11 is 0. The van der Waals surface area contributed by atoms with Gasteiger partial charge in [-0.15, -0.1) is 6.58 Å². The second kappa shape index (κ2) is 13.4. The summed E-state index contributed by atoms with van der Waals surface area (Å²) in [6.07, 6.45) is 10.5. The van der Waals surface area contributed by atoms with E-state index in [9.17, 15) is 9.59 Å². The minimum absolute atomic E-state index is 0.00150. The number of allylic oxidation sites excluding steroid dienone is 1. The van der Waals surface area contributed by atoms with Gasteiger partial charge < -0.3 is 10.0 Å². The first kappa shape index (κ1) is 20.7. The summed E-state index contributed by atoms with van der Waals surface area (Å²) in [4.78, 5) is 25.0. The van der Waals surface area contributed by atoms with Crippen LogP contribution in [0.3, 0.4) is 0 Å². The van der Waals surface area contributed by atoms with Gasteiger partial charge in [0.1, 0.15) is 0 Å². The van der Waals surface area contributed by atoms with E-state index in [1.165, 1.54) is 19.3 Å². The van der Waals surface area contributed by atoms with E-state index in [2.05, 4.69) is 6.58 Å². The average Bonchev–Trinajstić information content (AvgIpc) is 2.49. The Morgan fingerprint density at radius 2 is 1.59 bits per heavy atom. The molecule has 0 saturated heterocycles. The van der Waals surface area contributed by atoms with Gasteiger partial charge in [-0.25, -0.2) is 0 Å². The molecule has 0 rings (SSSR count). The Bertz CT molecular complexity index is 324. The third-order valence-corrected chi connectivity index (χ3v) is 4.06. The third-order valence-electron chi connectivity index (χ3n) is 4.06. The lowest BCUT2D eigenvalue weighted by Crippen LogP contribution is -2.36. The molecule has 1 N–H and O–H groups in total. The quantitative estimate of drug-likeness (QED) is 0.385. The molecule has 4 nitrogen and oxygen atoms in total. The largest absolute Gasteiger partial charge is 0.481 e. The van der Waals surface area contributed by atoms with Gasteiger partial charge in [0.15, 0.2) is 0 Å². The van der Waals surface area contributed by atoms with Crippen LogP contribution >= 0.6 is 0 Å². The van der Waals surface area contributed by atoms with Crippen LogP contribution in [-0.2, 0) is 9.59 Å². The monoisotopic (exact) mass is 311 g/mol. The van der Waals surface area contributed by atoms with E-state index in [0.717, 1.165) is 25.7 Å². The molecular formula is C18H33NO3. The van der Waals surface area contributed by atoms with E-state index in [0.29, 0.717) is 19.5 Å². The molecule has 1 atom stereocenters. The predicted octanol–water partition coefficient (Wildman–Crippen LogP) is 4.25. The lowest BCUT2D eigenvalue weighted by atomic mass is 9.95. The normalized spacial score (nSPS) is 11.9. The number of hydrogen-bond acceptors (Lipinski definition) is 2. The van der Waals surface area contributed by atoms with E-state index in [4.69, 9.17) is 5.11 Å².